The summed E-state index contributed by atoms with van der Waals surface area (Å²) < 4.78 is 0. The molecular formula is C16H16N2O2S. The molecule has 3 rings (SSSR count). The third kappa shape index (κ3) is 2.34. The number of aryl methyl sites for hydroxylation is 2. The fraction of sp³-hybridized carbons (Fsp3) is 0.250. The maximum Gasteiger partial charge on any atom is 0.252 e. The highest BCUT2D eigenvalue weighted by atomic mass is 32.1. The molecule has 2 aromatic rings. The summed E-state index contributed by atoms with van der Waals surface area (Å²) >= 11 is 1.43. The lowest BCUT2D eigenvalue weighted by Gasteiger charge is -2.17. The second-order valence-corrected chi connectivity index (χ2v) is 6.34. The van der Waals surface area contributed by atoms with Crippen LogP contribution in [0, 0.1) is 6.92 Å². The van der Waals surface area contributed by atoms with Crippen LogP contribution >= 0.6 is 11.3 Å². The summed E-state index contributed by atoms with van der Waals surface area (Å²) in [4.78, 5) is 24.2. The number of benzene rings is 1. The SMILES string of the molecule is CC(=O)Nc1sc2c(c1C(N)=O)CCc1cc(C)ccc1-2. The molecule has 0 atom stereocenters. The molecule has 1 aromatic carbocycles. The zero-order chi connectivity index (χ0) is 15.1. The van der Waals surface area contributed by atoms with E-state index in [0.29, 0.717) is 10.6 Å². The fourth-order valence-electron chi connectivity index (χ4n) is 2.84. The van der Waals surface area contributed by atoms with Gasteiger partial charge in [-0.2, -0.15) is 0 Å². The summed E-state index contributed by atoms with van der Waals surface area (Å²) in [6.45, 7) is 3.50. The van der Waals surface area contributed by atoms with Crippen molar-refractivity contribution in [3.63, 3.8) is 0 Å². The number of rotatable bonds is 2. The molecule has 1 aliphatic rings. The van der Waals surface area contributed by atoms with E-state index >= 15 is 0 Å². The van der Waals surface area contributed by atoms with E-state index in [1.807, 2.05) is 0 Å². The zero-order valence-electron chi connectivity index (χ0n) is 11.9. The van der Waals surface area contributed by atoms with Crippen molar-refractivity contribution in [3.8, 4) is 10.4 Å². The van der Waals surface area contributed by atoms with Gasteiger partial charge in [-0.05, 0) is 36.5 Å². The Morgan fingerprint density at radius 1 is 1.29 bits per heavy atom. The highest BCUT2D eigenvalue weighted by Crippen LogP contribution is 2.45. The molecule has 0 unspecified atom stereocenters. The van der Waals surface area contributed by atoms with Gasteiger partial charge in [0, 0.05) is 11.8 Å². The Morgan fingerprint density at radius 3 is 2.71 bits per heavy atom. The van der Waals surface area contributed by atoms with Gasteiger partial charge in [-0.25, -0.2) is 0 Å². The largest absolute Gasteiger partial charge is 0.365 e. The third-order valence-corrected chi connectivity index (χ3v) is 4.87. The standard InChI is InChI=1S/C16H16N2O2S/c1-8-3-5-11-10(7-8)4-6-12-13(15(17)20)16(18-9(2)19)21-14(11)12/h3,5,7H,4,6H2,1-2H3,(H2,17,20)(H,18,19). The van der Waals surface area contributed by atoms with E-state index in [0.717, 1.165) is 28.8 Å². The van der Waals surface area contributed by atoms with Crippen molar-refractivity contribution in [2.45, 2.75) is 26.7 Å². The molecule has 0 saturated carbocycles. The first-order valence-corrected chi connectivity index (χ1v) is 7.62. The van der Waals surface area contributed by atoms with Crippen LogP contribution in [-0.4, -0.2) is 11.8 Å². The molecule has 1 heterocycles. The van der Waals surface area contributed by atoms with Crippen LogP contribution in [0.2, 0.25) is 0 Å². The number of nitrogens with two attached hydrogens (primary N) is 1. The second kappa shape index (κ2) is 5.00. The van der Waals surface area contributed by atoms with Gasteiger partial charge in [0.1, 0.15) is 5.00 Å². The normalized spacial score (nSPS) is 12.5. The van der Waals surface area contributed by atoms with Gasteiger partial charge >= 0.3 is 0 Å². The predicted octanol–water partition coefficient (Wildman–Crippen LogP) is 2.88. The van der Waals surface area contributed by atoms with Gasteiger partial charge in [-0.15, -0.1) is 11.3 Å². The average molecular weight is 300 g/mol. The topological polar surface area (TPSA) is 72.2 Å². The molecule has 5 heteroatoms. The van der Waals surface area contributed by atoms with Crippen molar-refractivity contribution in [1.29, 1.82) is 0 Å². The van der Waals surface area contributed by atoms with Crippen molar-refractivity contribution < 1.29 is 9.59 Å². The van der Waals surface area contributed by atoms with Crippen LogP contribution < -0.4 is 11.1 Å². The van der Waals surface area contributed by atoms with Gasteiger partial charge in [0.25, 0.3) is 5.91 Å². The van der Waals surface area contributed by atoms with E-state index in [1.165, 1.54) is 29.4 Å². The molecule has 1 aromatic heterocycles. The van der Waals surface area contributed by atoms with Gasteiger partial charge in [0.15, 0.2) is 0 Å². The average Bonchev–Trinajstić information content (AvgIpc) is 2.75. The lowest BCUT2D eigenvalue weighted by atomic mass is 9.88. The van der Waals surface area contributed by atoms with Crippen LogP contribution in [0.4, 0.5) is 5.00 Å². The molecule has 3 N–H and O–H groups in total. The quantitative estimate of drug-likeness (QED) is 0.895. The third-order valence-electron chi connectivity index (χ3n) is 3.69. The van der Waals surface area contributed by atoms with Gasteiger partial charge in [-0.3, -0.25) is 9.59 Å². The van der Waals surface area contributed by atoms with E-state index < -0.39 is 5.91 Å². The Morgan fingerprint density at radius 2 is 2.05 bits per heavy atom. The minimum Gasteiger partial charge on any atom is -0.365 e. The van der Waals surface area contributed by atoms with Gasteiger partial charge in [-0.1, -0.05) is 23.8 Å². The summed E-state index contributed by atoms with van der Waals surface area (Å²) in [6, 6.07) is 6.33. The first kappa shape index (κ1) is 13.8. The summed E-state index contributed by atoms with van der Waals surface area (Å²) in [5.74, 6) is -0.674. The number of nitrogens with one attached hydrogen (secondary N) is 1. The van der Waals surface area contributed by atoms with Gasteiger partial charge in [0.2, 0.25) is 5.91 Å². The number of carbonyl (C=O) groups excluding carboxylic acids is 2. The number of thiophene rings is 1. The smallest absolute Gasteiger partial charge is 0.252 e. The molecule has 0 radical (unpaired) electrons. The lowest BCUT2D eigenvalue weighted by molar-refractivity contribution is -0.114. The molecule has 21 heavy (non-hydrogen) atoms. The van der Waals surface area contributed by atoms with Crippen LogP contribution in [0.3, 0.4) is 0 Å². The molecule has 108 valence electrons. The summed E-state index contributed by atoms with van der Waals surface area (Å²) in [5, 5.41) is 3.30. The van der Waals surface area contributed by atoms with Crippen LogP contribution in [0.25, 0.3) is 10.4 Å². The van der Waals surface area contributed by atoms with E-state index in [4.69, 9.17) is 5.73 Å². The molecule has 0 fully saturated rings. The van der Waals surface area contributed by atoms with E-state index in [2.05, 4.69) is 30.4 Å². The Hall–Kier alpha value is -2.14. The number of hydrogen-bond donors (Lipinski definition) is 2. The van der Waals surface area contributed by atoms with Crippen LogP contribution in [0.15, 0.2) is 18.2 Å². The van der Waals surface area contributed by atoms with Gasteiger partial charge in [0.05, 0.1) is 5.56 Å². The van der Waals surface area contributed by atoms with E-state index in [9.17, 15) is 9.59 Å². The molecule has 2 amide bonds. The highest BCUT2D eigenvalue weighted by Gasteiger charge is 2.27. The molecule has 0 aliphatic heterocycles. The molecule has 0 spiro atoms. The summed E-state index contributed by atoms with van der Waals surface area (Å²) in [6.07, 6.45) is 1.67. The lowest BCUT2D eigenvalue weighted by Crippen LogP contribution is -2.17. The molecule has 4 nitrogen and oxygen atoms in total. The zero-order valence-corrected chi connectivity index (χ0v) is 12.8. The number of fused-ring (bicyclic) bond motifs is 3. The van der Waals surface area contributed by atoms with Crippen LogP contribution in [0.1, 0.15) is 34.0 Å². The van der Waals surface area contributed by atoms with Crippen molar-refractivity contribution in [2.75, 3.05) is 5.32 Å². The number of carbonyl (C=O) groups is 2. The minimum absolute atomic E-state index is 0.194. The Balaban J connectivity index is 2.21. The minimum atomic E-state index is -0.480. The Labute approximate surface area is 127 Å². The monoisotopic (exact) mass is 300 g/mol. The first-order valence-electron chi connectivity index (χ1n) is 6.80. The maximum atomic E-state index is 11.8. The number of anilines is 1. The second-order valence-electron chi connectivity index (χ2n) is 5.32. The van der Waals surface area contributed by atoms with Crippen molar-refractivity contribution in [2.24, 2.45) is 5.73 Å². The highest BCUT2D eigenvalue weighted by molar-refractivity contribution is 7.20. The van der Waals surface area contributed by atoms with Crippen LogP contribution in [-0.2, 0) is 17.6 Å². The van der Waals surface area contributed by atoms with Crippen molar-refractivity contribution >= 4 is 28.2 Å². The van der Waals surface area contributed by atoms with Gasteiger partial charge < -0.3 is 11.1 Å². The van der Waals surface area contributed by atoms with E-state index in [1.54, 1.807) is 0 Å². The first-order chi connectivity index (χ1) is 9.97. The predicted molar refractivity (Wildman–Crippen MR) is 84.7 cm³/mol. The molecule has 0 saturated heterocycles. The van der Waals surface area contributed by atoms with Crippen LogP contribution in [0.5, 0.6) is 0 Å². The van der Waals surface area contributed by atoms with Crippen molar-refractivity contribution in [1.82, 2.24) is 0 Å². The molecule has 0 bridgehead atoms. The number of hydrogen-bond acceptors (Lipinski definition) is 3. The number of primary amides is 1. The Bertz CT molecular complexity index is 762. The molecular weight excluding hydrogens is 284 g/mol. The molecule has 1 aliphatic carbocycles. The van der Waals surface area contributed by atoms with Crippen molar-refractivity contribution in [3.05, 3.63) is 40.5 Å². The summed E-state index contributed by atoms with van der Waals surface area (Å²) in [5.41, 5.74) is 10.6. The number of amides is 2. The fourth-order valence-corrected chi connectivity index (χ4v) is 4.20. The maximum absolute atomic E-state index is 11.8. The van der Waals surface area contributed by atoms with E-state index in [-0.39, 0.29) is 5.91 Å². The summed E-state index contributed by atoms with van der Waals surface area (Å²) in [7, 11) is 0. The Kier molecular flexibility index (Phi) is 3.29.